The van der Waals surface area contributed by atoms with Crippen molar-refractivity contribution in [2.45, 2.75) is 18.9 Å². The Morgan fingerprint density at radius 3 is 2.47 bits per heavy atom. The molecular formula is C13H17FN2OS2. The van der Waals surface area contributed by atoms with Gasteiger partial charge in [-0.05, 0) is 48.3 Å². The second-order valence-electron chi connectivity index (χ2n) is 4.61. The minimum atomic E-state index is -0.328. The van der Waals surface area contributed by atoms with Crippen molar-refractivity contribution in [3.05, 3.63) is 35.6 Å². The third-order valence-corrected chi connectivity index (χ3v) is 4.98. The van der Waals surface area contributed by atoms with Crippen LogP contribution in [0.5, 0.6) is 0 Å². The Balaban J connectivity index is 1.87. The molecule has 1 fully saturated rings. The molecule has 1 heterocycles. The van der Waals surface area contributed by atoms with Crippen molar-refractivity contribution in [2.24, 2.45) is 0 Å². The lowest BCUT2D eigenvalue weighted by Gasteiger charge is -2.31. The summed E-state index contributed by atoms with van der Waals surface area (Å²) in [6.07, 6.45) is 3.87. The molecule has 0 saturated carbocycles. The van der Waals surface area contributed by atoms with Crippen LogP contribution in [0, 0.1) is 5.82 Å². The van der Waals surface area contributed by atoms with Gasteiger partial charge in [0, 0.05) is 31.0 Å². The van der Waals surface area contributed by atoms with Crippen LogP contribution in [-0.4, -0.2) is 35.6 Å². The van der Waals surface area contributed by atoms with Gasteiger partial charge in [-0.1, -0.05) is 9.64 Å². The van der Waals surface area contributed by atoms with E-state index in [-0.39, 0.29) is 27.4 Å². The molecule has 1 aromatic rings. The van der Waals surface area contributed by atoms with Crippen molar-refractivity contribution in [1.82, 2.24) is 9.62 Å². The normalized spacial score (nSPS) is 19.1. The average molecular weight is 300 g/mol. The zero-order chi connectivity index (χ0) is 13.8. The van der Waals surface area contributed by atoms with Crippen LogP contribution in [-0.2, 0) is 20.8 Å². The molecule has 0 aromatic heterocycles. The van der Waals surface area contributed by atoms with Crippen molar-refractivity contribution < 1.29 is 9.18 Å². The fourth-order valence-electron chi connectivity index (χ4n) is 2.13. The lowest BCUT2D eigenvalue weighted by molar-refractivity contribution is 0.0924. The molecule has 1 atom stereocenters. The predicted octanol–water partition coefficient (Wildman–Crippen LogP) is 1.64. The Morgan fingerprint density at radius 2 is 1.95 bits per heavy atom. The van der Waals surface area contributed by atoms with Crippen molar-refractivity contribution >= 4 is 26.7 Å². The monoisotopic (exact) mass is 300 g/mol. The molecule has 0 spiro atoms. The number of benzene rings is 1. The number of halogens is 1. The molecule has 2 rings (SSSR count). The van der Waals surface area contributed by atoms with Crippen LogP contribution in [0.15, 0.2) is 24.3 Å². The van der Waals surface area contributed by atoms with Gasteiger partial charge in [0.1, 0.15) is 5.82 Å². The number of amides is 1. The summed E-state index contributed by atoms with van der Waals surface area (Å²) in [5.74, 6) is -0.461. The Kier molecular flexibility index (Phi) is 5.01. The topological polar surface area (TPSA) is 32.3 Å². The molecule has 0 radical (unpaired) electrons. The van der Waals surface area contributed by atoms with Crippen molar-refractivity contribution in [1.29, 1.82) is 0 Å². The molecule has 0 bridgehead atoms. The zero-order valence-electron chi connectivity index (χ0n) is 10.8. The second kappa shape index (κ2) is 6.54. The first-order valence-electron chi connectivity index (χ1n) is 6.21. The van der Waals surface area contributed by atoms with Crippen LogP contribution >= 0.6 is 0 Å². The Morgan fingerprint density at radius 1 is 1.37 bits per heavy atom. The van der Waals surface area contributed by atoms with Gasteiger partial charge in [-0.25, -0.2) is 8.70 Å². The quantitative estimate of drug-likeness (QED) is 0.921. The predicted molar refractivity (Wildman–Crippen MR) is 79.1 cm³/mol. The maximum absolute atomic E-state index is 12.8. The van der Waals surface area contributed by atoms with E-state index in [0.717, 1.165) is 25.9 Å². The van der Waals surface area contributed by atoms with Gasteiger partial charge < -0.3 is 5.32 Å². The summed E-state index contributed by atoms with van der Waals surface area (Å²) in [6.45, 7) is 1.86. The van der Waals surface area contributed by atoms with Gasteiger partial charge in [-0.15, -0.1) is 0 Å². The zero-order valence-corrected chi connectivity index (χ0v) is 12.4. The fourth-order valence-corrected chi connectivity index (χ4v) is 3.30. The van der Waals surface area contributed by atoms with Gasteiger partial charge in [0.2, 0.25) is 0 Å². The van der Waals surface area contributed by atoms with Crippen LogP contribution in [0.4, 0.5) is 4.39 Å². The number of nitrogens with one attached hydrogen (secondary N) is 1. The highest BCUT2D eigenvalue weighted by molar-refractivity contribution is 8.27. The molecule has 6 heteroatoms. The van der Waals surface area contributed by atoms with Crippen LogP contribution < -0.4 is 5.32 Å². The molecule has 1 aliphatic heterocycles. The summed E-state index contributed by atoms with van der Waals surface area (Å²) >= 11 is 5.24. The van der Waals surface area contributed by atoms with E-state index in [1.807, 2.05) is 6.26 Å². The van der Waals surface area contributed by atoms with E-state index in [1.165, 1.54) is 24.3 Å². The number of nitrogens with zero attached hydrogens (tertiary/aromatic N) is 1. The third-order valence-electron chi connectivity index (χ3n) is 3.26. The number of carbonyl (C=O) groups excluding carboxylic acids is 1. The lowest BCUT2D eigenvalue weighted by atomic mass is 10.1. The SMILES string of the molecule is CS(=S)N1CCC(NC(=O)c2ccc(F)cc2)CC1. The molecular weight excluding hydrogens is 283 g/mol. The minimum absolute atomic E-state index is 0.106. The van der Waals surface area contributed by atoms with E-state index in [9.17, 15) is 9.18 Å². The van der Waals surface area contributed by atoms with Crippen LogP contribution in [0.3, 0.4) is 0 Å². The molecule has 1 amide bonds. The molecule has 1 unspecified atom stereocenters. The molecule has 3 nitrogen and oxygen atoms in total. The summed E-state index contributed by atoms with van der Waals surface area (Å²) in [6, 6.07) is 5.81. The highest BCUT2D eigenvalue weighted by Gasteiger charge is 2.21. The standard InChI is InChI=1S/C13H17FN2OS2/c1-19(18)16-8-6-12(7-9-16)15-13(17)10-2-4-11(14)5-3-10/h2-5,12H,6-9H2,1H3,(H,15,17). The van der Waals surface area contributed by atoms with Gasteiger partial charge >= 0.3 is 0 Å². The van der Waals surface area contributed by atoms with E-state index in [0.29, 0.717) is 5.56 Å². The highest BCUT2D eigenvalue weighted by atomic mass is 32.8. The maximum atomic E-state index is 12.8. The lowest BCUT2D eigenvalue weighted by Crippen LogP contribution is -2.44. The third kappa shape index (κ3) is 4.06. The summed E-state index contributed by atoms with van der Waals surface area (Å²) in [5.41, 5.74) is 0.502. The Labute approximate surface area is 119 Å². The number of hydrogen-bond donors (Lipinski definition) is 1. The molecule has 1 aromatic carbocycles. The molecule has 19 heavy (non-hydrogen) atoms. The van der Waals surface area contributed by atoms with Crippen LogP contribution in [0.1, 0.15) is 23.2 Å². The van der Waals surface area contributed by atoms with E-state index in [1.54, 1.807) is 0 Å². The smallest absolute Gasteiger partial charge is 0.251 e. The number of rotatable bonds is 3. The highest BCUT2D eigenvalue weighted by Crippen LogP contribution is 2.12. The first-order valence-corrected chi connectivity index (χ1v) is 8.72. The Hall–Kier alpha value is -0.850. The molecule has 1 N–H and O–H groups in total. The maximum Gasteiger partial charge on any atom is 0.251 e. The number of carbonyl (C=O) groups is 1. The number of hydrogen-bond acceptors (Lipinski definition) is 2. The minimum Gasteiger partial charge on any atom is -0.349 e. The van der Waals surface area contributed by atoms with E-state index in [2.05, 4.69) is 9.62 Å². The van der Waals surface area contributed by atoms with Crippen molar-refractivity contribution in [3.63, 3.8) is 0 Å². The molecule has 1 aliphatic rings. The molecule has 1 saturated heterocycles. The summed E-state index contributed by atoms with van der Waals surface area (Å²) < 4.78 is 15.0. The fraction of sp³-hybridized carbons (Fsp3) is 0.462. The van der Waals surface area contributed by atoms with E-state index < -0.39 is 0 Å². The summed E-state index contributed by atoms with van der Waals surface area (Å²) in [4.78, 5) is 12.0. The molecule has 0 aliphatic carbocycles. The van der Waals surface area contributed by atoms with E-state index in [4.69, 9.17) is 11.2 Å². The molecule has 104 valence electrons. The van der Waals surface area contributed by atoms with E-state index >= 15 is 0 Å². The van der Waals surface area contributed by atoms with Gasteiger partial charge in [-0.3, -0.25) is 4.79 Å². The van der Waals surface area contributed by atoms with Gasteiger partial charge in [0.25, 0.3) is 5.91 Å². The summed E-state index contributed by atoms with van der Waals surface area (Å²) in [5, 5.41) is 3.00. The van der Waals surface area contributed by atoms with Crippen molar-refractivity contribution in [2.75, 3.05) is 19.3 Å². The average Bonchev–Trinajstić information content (AvgIpc) is 2.40. The van der Waals surface area contributed by atoms with Gasteiger partial charge in [-0.2, -0.15) is 0 Å². The summed E-state index contributed by atoms with van der Waals surface area (Å²) in [7, 11) is -0.106. The van der Waals surface area contributed by atoms with Crippen LogP contribution in [0.25, 0.3) is 0 Å². The largest absolute Gasteiger partial charge is 0.349 e. The van der Waals surface area contributed by atoms with Crippen LogP contribution in [0.2, 0.25) is 0 Å². The van der Waals surface area contributed by atoms with Gasteiger partial charge in [0.05, 0.1) is 0 Å². The Bertz CT molecular complexity index is 470. The van der Waals surface area contributed by atoms with Crippen molar-refractivity contribution in [3.8, 4) is 0 Å². The van der Waals surface area contributed by atoms with Gasteiger partial charge in [0.15, 0.2) is 0 Å². The first kappa shape index (κ1) is 14.6. The second-order valence-corrected chi connectivity index (χ2v) is 7.42. The first-order chi connectivity index (χ1) is 9.06. The number of piperidine rings is 1.